The van der Waals surface area contributed by atoms with Gasteiger partial charge in [-0.2, -0.15) is 0 Å². The molecule has 4 rings (SSSR count). The van der Waals surface area contributed by atoms with Gasteiger partial charge in [0.15, 0.2) is 5.16 Å². The second-order valence-electron chi connectivity index (χ2n) is 8.20. The van der Waals surface area contributed by atoms with Crippen molar-refractivity contribution in [3.8, 4) is 5.69 Å². The Bertz CT molecular complexity index is 937. The van der Waals surface area contributed by atoms with Gasteiger partial charge < -0.3 is 15.0 Å². The first-order valence-corrected chi connectivity index (χ1v) is 12.2. The van der Waals surface area contributed by atoms with Gasteiger partial charge >= 0.3 is 6.03 Å². The quantitative estimate of drug-likeness (QED) is 0.642. The van der Waals surface area contributed by atoms with Crippen molar-refractivity contribution in [3.05, 3.63) is 29.8 Å². The van der Waals surface area contributed by atoms with Gasteiger partial charge in [-0.3, -0.25) is 14.7 Å². The molecule has 2 aromatic rings. The fourth-order valence-corrected chi connectivity index (χ4v) is 4.83. The van der Waals surface area contributed by atoms with Crippen molar-refractivity contribution in [1.82, 2.24) is 25.4 Å². The Morgan fingerprint density at radius 1 is 1.16 bits per heavy atom. The van der Waals surface area contributed by atoms with Crippen LogP contribution in [0.4, 0.5) is 10.7 Å². The van der Waals surface area contributed by atoms with Crippen LogP contribution in [0.2, 0.25) is 0 Å². The molecule has 1 aliphatic carbocycles. The highest BCUT2D eigenvalue weighted by Gasteiger charge is 2.23. The number of thioether (sulfide) groups is 1. The second-order valence-corrected chi connectivity index (χ2v) is 9.14. The van der Waals surface area contributed by atoms with Crippen molar-refractivity contribution < 1.29 is 14.3 Å². The lowest BCUT2D eigenvalue weighted by atomic mass is 9.96. The number of imide groups is 1. The minimum Gasteiger partial charge on any atom is -0.378 e. The molecule has 32 heavy (non-hydrogen) atoms. The number of ether oxygens (including phenoxy) is 1. The summed E-state index contributed by atoms with van der Waals surface area (Å²) >= 11 is 1.27. The molecule has 10 heteroatoms. The molecule has 2 fully saturated rings. The smallest absolute Gasteiger partial charge is 0.321 e. The van der Waals surface area contributed by atoms with E-state index in [1.54, 1.807) is 0 Å². The molecule has 0 spiro atoms. The maximum Gasteiger partial charge on any atom is 0.321 e. The normalized spacial score (nSPS) is 17.2. The number of carbonyl (C=O) groups is 2. The number of morpholine rings is 1. The van der Waals surface area contributed by atoms with Crippen molar-refractivity contribution in [1.29, 1.82) is 0 Å². The highest BCUT2D eigenvalue weighted by atomic mass is 32.2. The third-order valence-corrected chi connectivity index (χ3v) is 6.62. The maximum absolute atomic E-state index is 12.4. The summed E-state index contributed by atoms with van der Waals surface area (Å²) in [5.74, 6) is 0.456. The molecule has 2 heterocycles. The van der Waals surface area contributed by atoms with Gasteiger partial charge in [0.05, 0.1) is 24.7 Å². The van der Waals surface area contributed by atoms with Gasteiger partial charge in [-0.05, 0) is 37.5 Å². The molecule has 0 radical (unpaired) electrons. The van der Waals surface area contributed by atoms with Gasteiger partial charge in [-0.15, -0.1) is 10.2 Å². The number of aromatic nitrogens is 3. The molecule has 0 atom stereocenters. The van der Waals surface area contributed by atoms with Crippen LogP contribution in [0, 0.1) is 6.92 Å². The largest absolute Gasteiger partial charge is 0.378 e. The summed E-state index contributed by atoms with van der Waals surface area (Å²) in [4.78, 5) is 26.7. The van der Waals surface area contributed by atoms with E-state index < -0.39 is 6.03 Å². The van der Waals surface area contributed by atoms with Crippen LogP contribution < -0.4 is 15.5 Å². The van der Waals surface area contributed by atoms with Crippen LogP contribution >= 0.6 is 11.8 Å². The lowest BCUT2D eigenvalue weighted by molar-refractivity contribution is -0.117. The summed E-state index contributed by atoms with van der Waals surface area (Å²) < 4.78 is 7.44. The first kappa shape index (κ1) is 22.6. The van der Waals surface area contributed by atoms with Crippen LogP contribution in [-0.4, -0.2) is 64.8 Å². The summed E-state index contributed by atoms with van der Waals surface area (Å²) in [6.07, 6.45) is 5.40. The highest BCUT2D eigenvalue weighted by Crippen LogP contribution is 2.27. The molecular formula is C22H30N6O3S. The Balaban J connectivity index is 1.43. The van der Waals surface area contributed by atoms with Gasteiger partial charge in [0, 0.05) is 19.1 Å². The van der Waals surface area contributed by atoms with Gasteiger partial charge in [-0.1, -0.05) is 43.2 Å². The summed E-state index contributed by atoms with van der Waals surface area (Å²) in [6.45, 7) is 4.78. The number of rotatable bonds is 6. The number of nitrogens with zero attached hydrogens (tertiary/aromatic N) is 4. The van der Waals surface area contributed by atoms with E-state index in [1.807, 2.05) is 29.7 Å². The molecule has 2 N–H and O–H groups in total. The molecule has 1 aromatic carbocycles. The van der Waals surface area contributed by atoms with E-state index in [0.29, 0.717) is 18.4 Å². The third-order valence-electron chi connectivity index (χ3n) is 5.70. The number of aryl methyl sites for hydroxylation is 1. The van der Waals surface area contributed by atoms with Crippen LogP contribution in [0.1, 0.15) is 37.7 Å². The number of anilines is 1. The topological polar surface area (TPSA) is 101 Å². The Labute approximate surface area is 192 Å². The lowest BCUT2D eigenvalue weighted by Crippen LogP contribution is -2.45. The number of hydrogen-bond acceptors (Lipinski definition) is 7. The van der Waals surface area contributed by atoms with Crippen LogP contribution in [0.5, 0.6) is 0 Å². The molecule has 1 saturated heterocycles. The molecule has 1 aliphatic heterocycles. The number of urea groups is 1. The maximum atomic E-state index is 12.4. The number of carbonyl (C=O) groups excluding carboxylic acids is 2. The average molecular weight is 459 g/mol. The molecule has 1 aromatic heterocycles. The fourth-order valence-electron chi connectivity index (χ4n) is 4.08. The number of benzene rings is 1. The molecular weight excluding hydrogens is 428 g/mol. The fraction of sp³-hybridized carbons (Fsp3) is 0.545. The van der Waals surface area contributed by atoms with Crippen molar-refractivity contribution >= 4 is 29.6 Å². The monoisotopic (exact) mass is 458 g/mol. The Kier molecular flexibility index (Phi) is 7.64. The summed E-state index contributed by atoms with van der Waals surface area (Å²) in [5, 5.41) is 14.7. The van der Waals surface area contributed by atoms with E-state index in [4.69, 9.17) is 4.74 Å². The van der Waals surface area contributed by atoms with E-state index in [2.05, 4.69) is 31.8 Å². The van der Waals surface area contributed by atoms with E-state index >= 15 is 0 Å². The molecule has 9 nitrogen and oxygen atoms in total. The number of hydrogen-bond donors (Lipinski definition) is 2. The van der Waals surface area contributed by atoms with Crippen molar-refractivity contribution in [2.75, 3.05) is 37.0 Å². The van der Waals surface area contributed by atoms with Crippen LogP contribution in [0.15, 0.2) is 29.4 Å². The van der Waals surface area contributed by atoms with Gasteiger partial charge in [0.1, 0.15) is 0 Å². The third kappa shape index (κ3) is 5.80. The predicted octanol–water partition coefficient (Wildman–Crippen LogP) is 2.66. The zero-order valence-corrected chi connectivity index (χ0v) is 19.2. The van der Waals surface area contributed by atoms with E-state index in [0.717, 1.165) is 56.0 Å². The summed E-state index contributed by atoms with van der Waals surface area (Å²) in [6, 6.07) is 7.83. The molecule has 1 saturated carbocycles. The molecule has 2 aliphatic rings. The average Bonchev–Trinajstić information content (AvgIpc) is 3.23. The molecule has 0 bridgehead atoms. The van der Waals surface area contributed by atoms with Gasteiger partial charge in [-0.25, -0.2) is 4.79 Å². The van der Waals surface area contributed by atoms with Crippen LogP contribution in [-0.2, 0) is 9.53 Å². The Morgan fingerprint density at radius 2 is 1.94 bits per heavy atom. The number of nitrogens with one attached hydrogen (secondary N) is 2. The summed E-state index contributed by atoms with van der Waals surface area (Å²) in [5.41, 5.74) is 2.06. The first-order valence-electron chi connectivity index (χ1n) is 11.2. The zero-order valence-electron chi connectivity index (χ0n) is 18.4. The Morgan fingerprint density at radius 3 is 2.69 bits per heavy atom. The standard InChI is InChI=1S/C22H30N6O3S/c1-16-6-5-9-18(14-16)28-21(27-10-12-31-13-11-27)25-26-22(28)32-15-19(29)24-20(30)23-17-7-3-2-4-8-17/h5-6,9,14,17H,2-4,7-8,10-13,15H2,1H3,(H2,23,24,29,30). The first-order chi connectivity index (χ1) is 15.6. The van der Waals surface area contributed by atoms with Crippen LogP contribution in [0.25, 0.3) is 5.69 Å². The summed E-state index contributed by atoms with van der Waals surface area (Å²) in [7, 11) is 0. The molecule has 0 unspecified atom stereocenters. The van der Waals surface area contributed by atoms with Gasteiger partial charge in [0.2, 0.25) is 11.9 Å². The van der Waals surface area contributed by atoms with E-state index in [-0.39, 0.29) is 17.7 Å². The SMILES string of the molecule is Cc1cccc(-n2c(SCC(=O)NC(=O)NC3CCCCC3)nnc2N2CCOCC2)c1. The highest BCUT2D eigenvalue weighted by molar-refractivity contribution is 7.99. The van der Waals surface area contributed by atoms with Crippen molar-refractivity contribution in [2.45, 2.75) is 50.2 Å². The predicted molar refractivity (Wildman–Crippen MR) is 123 cm³/mol. The van der Waals surface area contributed by atoms with Crippen LogP contribution in [0.3, 0.4) is 0 Å². The van der Waals surface area contributed by atoms with E-state index in [9.17, 15) is 9.59 Å². The van der Waals surface area contributed by atoms with Crippen molar-refractivity contribution in [3.63, 3.8) is 0 Å². The second kappa shape index (κ2) is 10.8. The minimum absolute atomic E-state index is 0.0746. The van der Waals surface area contributed by atoms with E-state index in [1.165, 1.54) is 18.2 Å². The molecule has 3 amide bonds. The van der Waals surface area contributed by atoms with Gasteiger partial charge in [0.25, 0.3) is 0 Å². The molecule has 172 valence electrons. The van der Waals surface area contributed by atoms with Crippen molar-refractivity contribution in [2.24, 2.45) is 0 Å². The zero-order chi connectivity index (χ0) is 22.3. The number of amides is 3. The minimum atomic E-state index is -0.420. The lowest BCUT2D eigenvalue weighted by Gasteiger charge is -2.28. The Hall–Kier alpha value is -2.59.